The molecule has 1 amide bonds. The minimum Gasteiger partial charge on any atom is -0.406 e. The number of amides is 1. The van der Waals surface area contributed by atoms with E-state index in [4.69, 9.17) is 4.74 Å². The van der Waals surface area contributed by atoms with Crippen molar-refractivity contribution in [3.8, 4) is 5.75 Å². The highest BCUT2D eigenvalue weighted by Gasteiger charge is 2.31. The first kappa shape index (κ1) is 18.6. The summed E-state index contributed by atoms with van der Waals surface area (Å²) in [6.45, 7) is 3.75. The summed E-state index contributed by atoms with van der Waals surface area (Å²) in [7, 11) is 0. The van der Waals surface area contributed by atoms with Crippen LogP contribution in [0.3, 0.4) is 0 Å². The molecular formula is C16H16F3N3O3S. The monoisotopic (exact) mass is 387 g/mol. The smallest absolute Gasteiger partial charge is 0.406 e. The number of nitrogens with one attached hydrogen (secondary N) is 1. The van der Waals surface area contributed by atoms with Gasteiger partial charge < -0.3 is 9.47 Å². The van der Waals surface area contributed by atoms with Crippen molar-refractivity contribution in [2.24, 2.45) is 0 Å². The van der Waals surface area contributed by atoms with E-state index in [9.17, 15) is 18.0 Å². The third-order valence-corrected chi connectivity index (χ3v) is 4.42. The number of morpholine rings is 1. The van der Waals surface area contributed by atoms with Gasteiger partial charge in [0.2, 0.25) is 0 Å². The van der Waals surface area contributed by atoms with Gasteiger partial charge in [0.1, 0.15) is 5.75 Å². The SMILES string of the molecule is O=C(Nc1nc(CN2CCOCC2)cs1)c1ccc(OC(F)(F)F)cc1. The highest BCUT2D eigenvalue weighted by Crippen LogP contribution is 2.23. The standard InChI is InChI=1S/C16H16F3N3O3S/c17-16(18,19)25-13-3-1-11(2-4-13)14(23)21-15-20-12(10-26-15)9-22-5-7-24-8-6-22/h1-4,10H,5-9H2,(H,20,21,23). The molecule has 2 heterocycles. The van der Waals surface area contributed by atoms with Gasteiger partial charge in [0.25, 0.3) is 5.91 Å². The van der Waals surface area contributed by atoms with Gasteiger partial charge in [-0.3, -0.25) is 15.0 Å². The molecule has 1 saturated heterocycles. The van der Waals surface area contributed by atoms with E-state index in [0.717, 1.165) is 30.9 Å². The minimum atomic E-state index is -4.76. The Morgan fingerprint density at radius 2 is 1.96 bits per heavy atom. The van der Waals surface area contributed by atoms with E-state index in [-0.39, 0.29) is 11.3 Å². The third-order valence-electron chi connectivity index (χ3n) is 3.61. The summed E-state index contributed by atoms with van der Waals surface area (Å²) in [5.41, 5.74) is 1.06. The van der Waals surface area contributed by atoms with Crippen LogP contribution in [0.2, 0.25) is 0 Å². The van der Waals surface area contributed by atoms with Gasteiger partial charge in [0.15, 0.2) is 5.13 Å². The first-order valence-corrected chi connectivity index (χ1v) is 8.69. The van der Waals surface area contributed by atoms with Crippen LogP contribution < -0.4 is 10.1 Å². The third kappa shape index (κ3) is 5.41. The lowest BCUT2D eigenvalue weighted by Crippen LogP contribution is -2.35. The zero-order chi connectivity index (χ0) is 18.6. The number of rotatable bonds is 5. The van der Waals surface area contributed by atoms with Crippen molar-refractivity contribution < 1.29 is 27.4 Å². The van der Waals surface area contributed by atoms with Crippen LogP contribution in [0.4, 0.5) is 18.3 Å². The van der Waals surface area contributed by atoms with Crippen LogP contribution in [0.5, 0.6) is 5.75 Å². The summed E-state index contributed by atoms with van der Waals surface area (Å²) in [5.74, 6) is -0.827. The van der Waals surface area contributed by atoms with Crippen LogP contribution in [0.1, 0.15) is 16.1 Å². The molecule has 0 radical (unpaired) electrons. The van der Waals surface area contributed by atoms with Gasteiger partial charge in [0.05, 0.1) is 18.9 Å². The topological polar surface area (TPSA) is 63.7 Å². The number of halogens is 3. The van der Waals surface area contributed by atoms with E-state index in [1.54, 1.807) is 0 Å². The van der Waals surface area contributed by atoms with Crippen LogP contribution in [0, 0.1) is 0 Å². The lowest BCUT2D eigenvalue weighted by molar-refractivity contribution is -0.274. The summed E-state index contributed by atoms with van der Waals surface area (Å²) in [4.78, 5) is 18.8. The second-order valence-electron chi connectivity index (χ2n) is 5.56. The largest absolute Gasteiger partial charge is 0.573 e. The molecule has 0 unspecified atom stereocenters. The van der Waals surface area contributed by atoms with Crippen LogP contribution in [-0.4, -0.2) is 48.5 Å². The van der Waals surface area contributed by atoms with Gasteiger partial charge >= 0.3 is 6.36 Å². The summed E-state index contributed by atoms with van der Waals surface area (Å²) < 4.78 is 45.5. The second kappa shape index (κ2) is 8.02. The lowest BCUT2D eigenvalue weighted by atomic mass is 10.2. The number of ether oxygens (including phenoxy) is 2. The van der Waals surface area contributed by atoms with E-state index in [1.807, 2.05) is 5.38 Å². The van der Waals surface area contributed by atoms with E-state index in [2.05, 4.69) is 19.9 Å². The summed E-state index contributed by atoms with van der Waals surface area (Å²) >= 11 is 1.30. The fourth-order valence-electron chi connectivity index (χ4n) is 2.40. The minimum absolute atomic E-state index is 0.212. The fraction of sp³-hybridized carbons (Fsp3) is 0.375. The molecule has 1 aliphatic rings. The summed E-state index contributed by atoms with van der Waals surface area (Å²) in [5, 5.41) is 4.95. The molecule has 1 aromatic carbocycles. The van der Waals surface area contributed by atoms with Crippen LogP contribution in [-0.2, 0) is 11.3 Å². The molecule has 1 N–H and O–H groups in total. The molecule has 1 aliphatic heterocycles. The molecule has 140 valence electrons. The average molecular weight is 387 g/mol. The molecule has 1 fully saturated rings. The van der Waals surface area contributed by atoms with Crippen molar-refractivity contribution in [2.45, 2.75) is 12.9 Å². The number of thiazole rings is 1. The Balaban J connectivity index is 1.56. The van der Waals surface area contributed by atoms with Gasteiger partial charge in [-0.25, -0.2) is 4.98 Å². The Kier molecular flexibility index (Phi) is 5.74. The molecule has 26 heavy (non-hydrogen) atoms. The van der Waals surface area contributed by atoms with Crippen molar-refractivity contribution in [3.05, 3.63) is 40.9 Å². The Morgan fingerprint density at radius 3 is 2.62 bits per heavy atom. The van der Waals surface area contributed by atoms with Crippen LogP contribution in [0.15, 0.2) is 29.6 Å². The predicted octanol–water partition coefficient (Wildman–Crippen LogP) is 3.13. The number of nitrogens with zero attached hydrogens (tertiary/aromatic N) is 2. The van der Waals surface area contributed by atoms with Gasteiger partial charge in [-0.15, -0.1) is 24.5 Å². The lowest BCUT2D eigenvalue weighted by Gasteiger charge is -2.25. The number of anilines is 1. The van der Waals surface area contributed by atoms with Gasteiger partial charge in [-0.05, 0) is 24.3 Å². The van der Waals surface area contributed by atoms with Crippen molar-refractivity contribution in [3.63, 3.8) is 0 Å². The molecule has 0 aliphatic carbocycles. The number of alkyl halides is 3. The Bertz CT molecular complexity index is 743. The van der Waals surface area contributed by atoms with E-state index in [0.29, 0.717) is 24.9 Å². The zero-order valence-electron chi connectivity index (χ0n) is 13.6. The number of hydrogen-bond acceptors (Lipinski definition) is 6. The summed E-state index contributed by atoms with van der Waals surface area (Å²) in [6, 6.07) is 4.71. The van der Waals surface area contributed by atoms with Gasteiger partial charge in [-0.2, -0.15) is 0 Å². The Morgan fingerprint density at radius 1 is 1.27 bits per heavy atom. The van der Waals surface area contributed by atoms with Crippen LogP contribution in [0.25, 0.3) is 0 Å². The molecule has 3 rings (SSSR count). The van der Waals surface area contributed by atoms with Gasteiger partial charge in [-0.1, -0.05) is 0 Å². The molecule has 10 heteroatoms. The molecule has 0 saturated carbocycles. The maximum absolute atomic E-state index is 12.2. The quantitative estimate of drug-likeness (QED) is 0.854. The highest BCUT2D eigenvalue weighted by molar-refractivity contribution is 7.13. The molecular weight excluding hydrogens is 371 g/mol. The molecule has 0 bridgehead atoms. The number of aromatic nitrogens is 1. The zero-order valence-corrected chi connectivity index (χ0v) is 14.4. The van der Waals surface area contributed by atoms with Gasteiger partial charge in [0, 0.05) is 30.6 Å². The molecule has 6 nitrogen and oxygen atoms in total. The van der Waals surface area contributed by atoms with Crippen molar-refractivity contribution in [1.82, 2.24) is 9.88 Å². The highest BCUT2D eigenvalue weighted by atomic mass is 32.1. The molecule has 0 spiro atoms. The summed E-state index contributed by atoms with van der Waals surface area (Å²) in [6.07, 6.45) is -4.76. The number of hydrogen-bond donors (Lipinski definition) is 1. The number of carbonyl (C=O) groups excluding carboxylic acids is 1. The predicted molar refractivity (Wildman–Crippen MR) is 89.3 cm³/mol. The average Bonchev–Trinajstić information content (AvgIpc) is 3.02. The van der Waals surface area contributed by atoms with Crippen LogP contribution >= 0.6 is 11.3 Å². The molecule has 0 atom stereocenters. The number of carbonyl (C=O) groups is 1. The Labute approximate surface area is 151 Å². The first-order valence-electron chi connectivity index (χ1n) is 7.81. The maximum Gasteiger partial charge on any atom is 0.573 e. The van der Waals surface area contributed by atoms with Crippen molar-refractivity contribution in [1.29, 1.82) is 0 Å². The fourth-order valence-corrected chi connectivity index (χ4v) is 3.10. The molecule has 1 aromatic heterocycles. The first-order chi connectivity index (χ1) is 12.4. The number of benzene rings is 1. The van der Waals surface area contributed by atoms with Crippen molar-refractivity contribution in [2.75, 3.05) is 31.6 Å². The Hall–Kier alpha value is -2.17. The molecule has 2 aromatic rings. The normalized spacial score (nSPS) is 15.7. The van der Waals surface area contributed by atoms with Crippen molar-refractivity contribution >= 4 is 22.4 Å². The second-order valence-corrected chi connectivity index (χ2v) is 6.42. The van der Waals surface area contributed by atoms with E-state index >= 15 is 0 Å². The van der Waals surface area contributed by atoms with E-state index in [1.165, 1.54) is 23.5 Å². The maximum atomic E-state index is 12.2. The van der Waals surface area contributed by atoms with E-state index < -0.39 is 12.3 Å².